The summed E-state index contributed by atoms with van der Waals surface area (Å²) in [5, 5.41) is 7.43. The van der Waals surface area contributed by atoms with E-state index in [1.54, 1.807) is 0 Å². The molecule has 1 unspecified atom stereocenters. The lowest BCUT2D eigenvalue weighted by Gasteiger charge is -2.22. The summed E-state index contributed by atoms with van der Waals surface area (Å²) in [5.41, 5.74) is 0.980. The molecule has 1 N–H and O–H groups in total. The van der Waals surface area contributed by atoms with Crippen LogP contribution >= 0.6 is 11.8 Å². The van der Waals surface area contributed by atoms with Gasteiger partial charge in [0.05, 0.1) is 12.2 Å². The molecule has 0 aliphatic rings. The van der Waals surface area contributed by atoms with Gasteiger partial charge in [-0.3, -0.25) is 4.90 Å². The fourth-order valence-electron chi connectivity index (χ4n) is 1.73. The van der Waals surface area contributed by atoms with Gasteiger partial charge in [0.15, 0.2) is 5.76 Å². The summed E-state index contributed by atoms with van der Waals surface area (Å²) >= 11 is 1.90. The molecule has 0 fully saturated rings. The minimum absolute atomic E-state index is 0.467. The first kappa shape index (κ1) is 16.5. The fraction of sp³-hybridized carbons (Fsp3) is 0.786. The van der Waals surface area contributed by atoms with Gasteiger partial charge >= 0.3 is 0 Å². The average molecular weight is 285 g/mol. The van der Waals surface area contributed by atoms with Gasteiger partial charge in [-0.2, -0.15) is 11.8 Å². The molecule has 0 spiro atoms. The van der Waals surface area contributed by atoms with Crippen LogP contribution in [0.15, 0.2) is 10.6 Å². The SMILES string of the molecule is CSCCC(C)N(C)Cc1cc(CNC(C)C)no1. The molecule has 110 valence electrons. The molecular formula is C14H27N3OS. The van der Waals surface area contributed by atoms with E-state index in [1.807, 2.05) is 17.8 Å². The Labute approximate surface area is 121 Å². The van der Waals surface area contributed by atoms with Crippen LogP contribution in [0.1, 0.15) is 38.6 Å². The Bertz CT molecular complexity index is 354. The first-order chi connectivity index (χ1) is 9.02. The Morgan fingerprint density at radius 3 is 2.79 bits per heavy atom. The van der Waals surface area contributed by atoms with Crippen LogP contribution in [-0.4, -0.2) is 41.2 Å². The lowest BCUT2D eigenvalue weighted by molar-refractivity contribution is 0.215. The highest BCUT2D eigenvalue weighted by molar-refractivity contribution is 7.98. The van der Waals surface area contributed by atoms with Gasteiger partial charge in [-0.25, -0.2) is 0 Å². The van der Waals surface area contributed by atoms with Crippen LogP contribution < -0.4 is 5.32 Å². The predicted molar refractivity (Wildman–Crippen MR) is 82.4 cm³/mol. The normalized spacial score (nSPS) is 13.4. The van der Waals surface area contributed by atoms with E-state index in [9.17, 15) is 0 Å². The molecule has 0 aromatic carbocycles. The van der Waals surface area contributed by atoms with E-state index in [-0.39, 0.29) is 0 Å². The number of rotatable bonds is 9. The molecule has 19 heavy (non-hydrogen) atoms. The molecule has 0 saturated heterocycles. The van der Waals surface area contributed by atoms with Crippen molar-refractivity contribution in [3.63, 3.8) is 0 Å². The van der Waals surface area contributed by atoms with E-state index < -0.39 is 0 Å². The quantitative estimate of drug-likeness (QED) is 0.755. The summed E-state index contributed by atoms with van der Waals surface area (Å²) in [6.45, 7) is 8.11. The van der Waals surface area contributed by atoms with Crippen LogP contribution in [-0.2, 0) is 13.1 Å². The Hall–Kier alpha value is -0.520. The van der Waals surface area contributed by atoms with Crippen LogP contribution in [0, 0.1) is 0 Å². The van der Waals surface area contributed by atoms with Crippen molar-refractivity contribution in [3.8, 4) is 0 Å². The average Bonchev–Trinajstić information content (AvgIpc) is 2.81. The zero-order valence-corrected chi connectivity index (χ0v) is 13.6. The van der Waals surface area contributed by atoms with Gasteiger partial charge in [-0.1, -0.05) is 19.0 Å². The maximum atomic E-state index is 5.39. The molecule has 0 aliphatic heterocycles. The van der Waals surface area contributed by atoms with E-state index >= 15 is 0 Å². The smallest absolute Gasteiger partial charge is 0.151 e. The lowest BCUT2D eigenvalue weighted by atomic mass is 10.2. The molecule has 1 aromatic rings. The Morgan fingerprint density at radius 1 is 1.42 bits per heavy atom. The van der Waals surface area contributed by atoms with Crippen molar-refractivity contribution >= 4 is 11.8 Å². The van der Waals surface area contributed by atoms with Gasteiger partial charge in [-0.05, 0) is 32.4 Å². The van der Waals surface area contributed by atoms with Crippen LogP contribution in [0.5, 0.6) is 0 Å². The maximum absolute atomic E-state index is 5.39. The number of nitrogens with one attached hydrogen (secondary N) is 1. The van der Waals surface area contributed by atoms with Crippen LogP contribution in [0.25, 0.3) is 0 Å². The monoisotopic (exact) mass is 285 g/mol. The summed E-state index contributed by atoms with van der Waals surface area (Å²) in [7, 11) is 2.14. The van der Waals surface area contributed by atoms with Crippen molar-refractivity contribution in [2.45, 2.75) is 52.4 Å². The van der Waals surface area contributed by atoms with Crippen molar-refractivity contribution in [1.29, 1.82) is 0 Å². The summed E-state index contributed by atoms with van der Waals surface area (Å²) < 4.78 is 5.39. The second-order valence-electron chi connectivity index (χ2n) is 5.37. The highest BCUT2D eigenvalue weighted by Crippen LogP contribution is 2.11. The molecule has 1 rings (SSSR count). The highest BCUT2D eigenvalue weighted by Gasteiger charge is 2.12. The van der Waals surface area contributed by atoms with E-state index in [2.05, 4.69) is 49.4 Å². The fourth-order valence-corrected chi connectivity index (χ4v) is 2.31. The molecule has 4 nitrogen and oxygen atoms in total. The minimum atomic E-state index is 0.467. The Kier molecular flexibility index (Phi) is 7.49. The summed E-state index contributed by atoms with van der Waals surface area (Å²) in [5.74, 6) is 2.14. The second-order valence-corrected chi connectivity index (χ2v) is 6.35. The van der Waals surface area contributed by atoms with Crippen molar-refractivity contribution in [3.05, 3.63) is 17.5 Å². The number of hydrogen-bond acceptors (Lipinski definition) is 5. The first-order valence-corrected chi connectivity index (χ1v) is 8.29. The Balaban J connectivity index is 2.39. The van der Waals surface area contributed by atoms with E-state index in [4.69, 9.17) is 4.52 Å². The van der Waals surface area contributed by atoms with E-state index in [0.29, 0.717) is 12.1 Å². The Morgan fingerprint density at radius 2 is 2.16 bits per heavy atom. The zero-order chi connectivity index (χ0) is 14.3. The molecule has 0 bridgehead atoms. The molecule has 0 radical (unpaired) electrons. The van der Waals surface area contributed by atoms with Gasteiger partial charge < -0.3 is 9.84 Å². The molecule has 0 saturated carbocycles. The molecular weight excluding hydrogens is 258 g/mol. The van der Waals surface area contributed by atoms with Crippen LogP contribution in [0.3, 0.4) is 0 Å². The second kappa shape index (κ2) is 8.61. The highest BCUT2D eigenvalue weighted by atomic mass is 32.2. The molecule has 1 aromatic heterocycles. The maximum Gasteiger partial charge on any atom is 0.151 e. The summed E-state index contributed by atoms with van der Waals surface area (Å²) in [6.07, 6.45) is 3.35. The van der Waals surface area contributed by atoms with Crippen molar-refractivity contribution in [1.82, 2.24) is 15.4 Å². The van der Waals surface area contributed by atoms with Crippen molar-refractivity contribution in [2.75, 3.05) is 19.1 Å². The minimum Gasteiger partial charge on any atom is -0.360 e. The molecule has 0 amide bonds. The van der Waals surface area contributed by atoms with Gasteiger partial charge in [0.25, 0.3) is 0 Å². The van der Waals surface area contributed by atoms with E-state index in [1.165, 1.54) is 12.2 Å². The third-order valence-electron chi connectivity index (χ3n) is 3.20. The topological polar surface area (TPSA) is 41.3 Å². The van der Waals surface area contributed by atoms with Gasteiger partial charge in [-0.15, -0.1) is 0 Å². The number of aromatic nitrogens is 1. The largest absolute Gasteiger partial charge is 0.360 e. The third kappa shape index (κ3) is 6.45. The first-order valence-electron chi connectivity index (χ1n) is 6.90. The van der Waals surface area contributed by atoms with Crippen LogP contribution in [0.2, 0.25) is 0 Å². The van der Waals surface area contributed by atoms with E-state index in [0.717, 1.165) is 24.5 Å². The van der Waals surface area contributed by atoms with Gasteiger partial charge in [0.1, 0.15) is 0 Å². The molecule has 5 heteroatoms. The third-order valence-corrected chi connectivity index (χ3v) is 3.84. The van der Waals surface area contributed by atoms with Crippen molar-refractivity contribution in [2.24, 2.45) is 0 Å². The van der Waals surface area contributed by atoms with Gasteiger partial charge in [0.2, 0.25) is 0 Å². The van der Waals surface area contributed by atoms with Crippen LogP contribution in [0.4, 0.5) is 0 Å². The number of thioether (sulfide) groups is 1. The van der Waals surface area contributed by atoms with Gasteiger partial charge in [0, 0.05) is 24.7 Å². The zero-order valence-electron chi connectivity index (χ0n) is 12.8. The molecule has 1 atom stereocenters. The molecule has 1 heterocycles. The number of hydrogen-bond donors (Lipinski definition) is 1. The van der Waals surface area contributed by atoms with Crippen molar-refractivity contribution < 1.29 is 4.52 Å². The number of nitrogens with zero attached hydrogens (tertiary/aromatic N) is 2. The summed E-state index contributed by atoms with van der Waals surface area (Å²) in [6, 6.07) is 3.08. The lowest BCUT2D eigenvalue weighted by Crippen LogP contribution is -2.28. The standard InChI is InChI=1S/C14H27N3OS/c1-11(2)15-9-13-8-14(18-16-13)10-17(4)12(3)6-7-19-5/h8,11-12,15H,6-7,9-10H2,1-5H3. The summed E-state index contributed by atoms with van der Waals surface area (Å²) in [4.78, 5) is 2.32. The molecule has 0 aliphatic carbocycles. The predicted octanol–water partition coefficient (Wildman–Crippen LogP) is 2.75.